The smallest absolute Gasteiger partial charge is 0.346 e. The van der Waals surface area contributed by atoms with Crippen molar-refractivity contribution in [3.8, 4) is 5.75 Å². The average molecular weight is 440 g/mol. The van der Waals surface area contributed by atoms with Crippen LogP contribution in [0.4, 0.5) is 10.1 Å². The molecule has 0 unspecified atom stereocenters. The maximum absolute atomic E-state index is 13.6. The molecule has 0 spiro atoms. The molecule has 0 saturated heterocycles. The normalized spacial score (nSPS) is 10.5. The van der Waals surface area contributed by atoms with E-state index >= 15 is 0 Å². The van der Waals surface area contributed by atoms with E-state index in [2.05, 4.69) is 15.8 Å². The van der Waals surface area contributed by atoms with E-state index in [1.807, 2.05) is 0 Å². The first-order valence-corrected chi connectivity index (χ1v) is 9.27. The lowest BCUT2D eigenvalue weighted by Crippen LogP contribution is -2.32. The van der Waals surface area contributed by atoms with Gasteiger partial charge in [-0.25, -0.2) is 14.6 Å². The Kier molecular flexibility index (Phi) is 7.08. The number of anilines is 1. The minimum absolute atomic E-state index is 0.175. The summed E-state index contributed by atoms with van der Waals surface area (Å²) in [7, 11) is 0. The van der Waals surface area contributed by atoms with Gasteiger partial charge in [-0.1, -0.05) is 35.9 Å². The average Bonchev–Trinajstić information content (AvgIpc) is 2.76. The highest BCUT2D eigenvalue weighted by Gasteiger charge is 2.14. The molecule has 2 amide bonds. The van der Waals surface area contributed by atoms with Crippen LogP contribution < -0.4 is 15.5 Å². The van der Waals surface area contributed by atoms with Crippen LogP contribution in [0.2, 0.25) is 5.02 Å². The second kappa shape index (κ2) is 10.1. The largest absolute Gasteiger partial charge is 0.423 e. The van der Waals surface area contributed by atoms with E-state index in [0.717, 1.165) is 0 Å². The molecule has 3 rings (SSSR count). The van der Waals surface area contributed by atoms with Crippen molar-refractivity contribution >= 4 is 41.3 Å². The highest BCUT2D eigenvalue weighted by atomic mass is 35.5. The summed E-state index contributed by atoms with van der Waals surface area (Å²) >= 11 is 5.92. The van der Waals surface area contributed by atoms with E-state index in [9.17, 15) is 18.8 Å². The summed E-state index contributed by atoms with van der Waals surface area (Å²) in [6.45, 7) is 0. The van der Waals surface area contributed by atoms with Crippen molar-refractivity contribution in [3.05, 3.63) is 94.8 Å². The summed E-state index contributed by atoms with van der Waals surface area (Å²) < 4.78 is 18.7. The lowest BCUT2D eigenvalue weighted by Gasteiger charge is -2.06. The number of amides is 2. The molecule has 7 nitrogen and oxygen atoms in total. The van der Waals surface area contributed by atoms with Gasteiger partial charge in [0.05, 0.1) is 22.5 Å². The summed E-state index contributed by atoms with van der Waals surface area (Å²) in [6.07, 6.45) is 1.29. The van der Waals surface area contributed by atoms with Crippen LogP contribution in [0.1, 0.15) is 15.9 Å². The lowest BCUT2D eigenvalue weighted by atomic mass is 10.2. The molecule has 0 bridgehead atoms. The van der Waals surface area contributed by atoms with Gasteiger partial charge in [-0.3, -0.25) is 9.59 Å². The standard InChI is InChI=1S/C22H15ClFN3O4/c23-17-6-2-4-8-19(17)26-20(28)21(29)27-25-13-14-9-11-15(12-10-14)31-22(30)16-5-1-3-7-18(16)24/h1-13H,(H,26,28)(H,27,29)/b25-13-. The van der Waals surface area contributed by atoms with Crippen LogP contribution in [0.25, 0.3) is 0 Å². The maximum atomic E-state index is 13.6. The predicted octanol–water partition coefficient (Wildman–Crippen LogP) is 3.79. The highest BCUT2D eigenvalue weighted by molar-refractivity contribution is 6.41. The third kappa shape index (κ3) is 5.97. The van der Waals surface area contributed by atoms with Crippen molar-refractivity contribution in [3.63, 3.8) is 0 Å². The number of ether oxygens (including phenoxy) is 1. The molecule has 3 aromatic rings. The Morgan fingerprint density at radius 3 is 2.29 bits per heavy atom. The van der Waals surface area contributed by atoms with Gasteiger partial charge in [-0.05, 0) is 54.1 Å². The number of nitrogens with one attached hydrogen (secondary N) is 2. The quantitative estimate of drug-likeness (QED) is 0.208. The van der Waals surface area contributed by atoms with Gasteiger partial charge in [-0.15, -0.1) is 0 Å². The number of hydrazone groups is 1. The third-order valence-electron chi connectivity index (χ3n) is 3.89. The van der Waals surface area contributed by atoms with Crippen LogP contribution in [0, 0.1) is 5.82 Å². The van der Waals surface area contributed by atoms with Crippen LogP contribution in [-0.2, 0) is 9.59 Å². The van der Waals surface area contributed by atoms with Crippen molar-refractivity contribution < 1.29 is 23.5 Å². The van der Waals surface area contributed by atoms with Crippen LogP contribution >= 0.6 is 11.6 Å². The van der Waals surface area contributed by atoms with E-state index in [0.29, 0.717) is 16.3 Å². The first kappa shape index (κ1) is 21.7. The molecule has 156 valence electrons. The van der Waals surface area contributed by atoms with Crippen molar-refractivity contribution in [2.45, 2.75) is 0 Å². The Balaban J connectivity index is 1.53. The van der Waals surface area contributed by atoms with Gasteiger partial charge in [0.2, 0.25) is 0 Å². The molecular formula is C22H15ClFN3O4. The van der Waals surface area contributed by atoms with Gasteiger partial charge in [0, 0.05) is 0 Å². The van der Waals surface area contributed by atoms with Gasteiger partial charge < -0.3 is 10.1 Å². The number of hydrogen-bond acceptors (Lipinski definition) is 5. The van der Waals surface area contributed by atoms with E-state index < -0.39 is 23.6 Å². The van der Waals surface area contributed by atoms with Crippen LogP contribution in [0.3, 0.4) is 0 Å². The van der Waals surface area contributed by atoms with Gasteiger partial charge >= 0.3 is 17.8 Å². The molecule has 0 aliphatic carbocycles. The molecule has 0 heterocycles. The van der Waals surface area contributed by atoms with Crippen LogP contribution in [0.5, 0.6) is 5.75 Å². The van der Waals surface area contributed by atoms with E-state index in [4.69, 9.17) is 16.3 Å². The molecule has 0 aromatic heterocycles. The van der Waals surface area contributed by atoms with Crippen molar-refractivity contribution in [2.24, 2.45) is 5.10 Å². The number of para-hydroxylation sites is 1. The minimum Gasteiger partial charge on any atom is -0.423 e. The molecule has 0 atom stereocenters. The predicted molar refractivity (Wildman–Crippen MR) is 114 cm³/mol. The summed E-state index contributed by atoms with van der Waals surface area (Å²) in [5, 5.41) is 6.36. The summed E-state index contributed by atoms with van der Waals surface area (Å²) in [5.74, 6) is -3.21. The fourth-order valence-corrected chi connectivity index (χ4v) is 2.55. The Morgan fingerprint density at radius 1 is 0.903 bits per heavy atom. The third-order valence-corrected chi connectivity index (χ3v) is 4.22. The number of rotatable bonds is 5. The van der Waals surface area contributed by atoms with Crippen molar-refractivity contribution in [1.29, 1.82) is 0 Å². The van der Waals surface area contributed by atoms with E-state index in [1.165, 1.54) is 42.6 Å². The summed E-state index contributed by atoms with van der Waals surface area (Å²) in [5.41, 5.74) is 2.77. The van der Waals surface area contributed by atoms with Crippen molar-refractivity contribution in [1.82, 2.24) is 5.43 Å². The molecule has 0 aliphatic rings. The van der Waals surface area contributed by atoms with Gasteiger partial charge in [0.1, 0.15) is 11.6 Å². The zero-order valence-electron chi connectivity index (χ0n) is 15.8. The van der Waals surface area contributed by atoms with Gasteiger partial charge in [0.15, 0.2) is 0 Å². The number of nitrogens with zero attached hydrogens (tertiary/aromatic N) is 1. The molecule has 9 heteroatoms. The number of carbonyl (C=O) groups excluding carboxylic acids is 3. The van der Waals surface area contributed by atoms with Crippen LogP contribution in [0.15, 0.2) is 77.9 Å². The Morgan fingerprint density at radius 2 is 1.58 bits per heavy atom. The van der Waals surface area contributed by atoms with Gasteiger partial charge in [-0.2, -0.15) is 5.10 Å². The molecule has 2 N–H and O–H groups in total. The molecule has 3 aromatic carbocycles. The minimum atomic E-state index is -0.980. The molecule has 0 fully saturated rings. The molecule has 0 aliphatic heterocycles. The van der Waals surface area contributed by atoms with Gasteiger partial charge in [0.25, 0.3) is 0 Å². The number of benzene rings is 3. The first-order chi connectivity index (χ1) is 14.9. The molecule has 31 heavy (non-hydrogen) atoms. The second-order valence-corrected chi connectivity index (χ2v) is 6.48. The summed E-state index contributed by atoms with van der Waals surface area (Å²) in [4.78, 5) is 35.7. The fourth-order valence-electron chi connectivity index (χ4n) is 2.37. The molecule has 0 saturated carbocycles. The monoisotopic (exact) mass is 439 g/mol. The van der Waals surface area contributed by atoms with E-state index in [-0.39, 0.29) is 11.3 Å². The molecule has 0 radical (unpaired) electrons. The molecular weight excluding hydrogens is 425 g/mol. The Hall–Kier alpha value is -4.04. The van der Waals surface area contributed by atoms with E-state index in [1.54, 1.807) is 36.4 Å². The maximum Gasteiger partial charge on any atom is 0.346 e. The lowest BCUT2D eigenvalue weighted by molar-refractivity contribution is -0.136. The Labute approximate surface area is 181 Å². The number of esters is 1. The zero-order valence-corrected chi connectivity index (χ0v) is 16.6. The Bertz CT molecular complexity index is 1150. The second-order valence-electron chi connectivity index (χ2n) is 6.07. The number of carbonyl (C=O) groups is 3. The zero-order chi connectivity index (χ0) is 22.2. The topological polar surface area (TPSA) is 96.9 Å². The first-order valence-electron chi connectivity index (χ1n) is 8.90. The SMILES string of the molecule is O=C(N/N=C\c1ccc(OC(=O)c2ccccc2F)cc1)C(=O)Nc1ccccc1Cl. The number of halogens is 2. The van der Waals surface area contributed by atoms with Crippen molar-refractivity contribution in [2.75, 3.05) is 5.32 Å². The fraction of sp³-hybridized carbons (Fsp3) is 0. The van der Waals surface area contributed by atoms with Crippen LogP contribution in [-0.4, -0.2) is 24.0 Å². The summed E-state index contributed by atoms with van der Waals surface area (Å²) in [6, 6.07) is 18.0. The highest BCUT2D eigenvalue weighted by Crippen LogP contribution is 2.20. The number of hydrogen-bond donors (Lipinski definition) is 2.